The van der Waals surface area contributed by atoms with Crippen molar-refractivity contribution in [2.45, 2.75) is 38.8 Å². The van der Waals surface area contributed by atoms with Gasteiger partial charge in [0.1, 0.15) is 5.01 Å². The van der Waals surface area contributed by atoms with Gasteiger partial charge in [-0.1, -0.05) is 18.6 Å². The van der Waals surface area contributed by atoms with Crippen LogP contribution in [0.4, 0.5) is 0 Å². The molecule has 0 spiro atoms. The van der Waals surface area contributed by atoms with Crippen molar-refractivity contribution >= 4 is 28.5 Å². The minimum absolute atomic E-state index is 0.271. The molecule has 2 N–H and O–H groups in total. The van der Waals surface area contributed by atoms with Gasteiger partial charge in [0.2, 0.25) is 0 Å². The molecule has 1 aromatic heterocycles. The molecule has 0 radical (unpaired) electrons. The Kier molecular flexibility index (Phi) is 3.89. The maximum Gasteiger partial charge on any atom is 0.107 e. The fourth-order valence-electron chi connectivity index (χ4n) is 2.15. The number of rotatable bonds is 3. The predicted molar refractivity (Wildman–Crippen MR) is 71.7 cm³/mol. The molecule has 3 nitrogen and oxygen atoms in total. The lowest BCUT2D eigenvalue weighted by molar-refractivity contribution is 0.184. The van der Waals surface area contributed by atoms with E-state index in [0.717, 1.165) is 25.2 Å². The Labute approximate surface area is 106 Å². The van der Waals surface area contributed by atoms with Crippen LogP contribution in [0.3, 0.4) is 0 Å². The number of nitrogens with two attached hydrogens (primary N) is 1. The lowest BCUT2D eigenvalue weighted by atomic mass is 10.0. The molecule has 0 saturated carbocycles. The van der Waals surface area contributed by atoms with Crippen molar-refractivity contribution in [2.75, 3.05) is 6.54 Å². The molecular formula is C11H17N3S2. The normalized spacial score (nSPS) is 22.2. The quantitative estimate of drug-likeness (QED) is 0.840. The molecule has 1 fully saturated rings. The molecule has 2 heterocycles. The molecule has 2 rings (SSSR count). The average Bonchev–Trinajstić information content (AvgIpc) is 2.64. The molecule has 16 heavy (non-hydrogen) atoms. The summed E-state index contributed by atoms with van der Waals surface area (Å²) < 4.78 is 0. The number of aromatic nitrogens is 1. The fourth-order valence-corrected chi connectivity index (χ4v) is 3.21. The standard InChI is InChI=1S/C11H17N3S2/c1-8-7-16-10(13-8)6-14-5-3-2-4-9(14)11(12)15/h7,9H,2-6H2,1H3,(H2,12,15). The van der Waals surface area contributed by atoms with Gasteiger partial charge in [-0.3, -0.25) is 4.90 Å². The predicted octanol–water partition coefficient (Wildman–Crippen LogP) is 2.09. The highest BCUT2D eigenvalue weighted by Gasteiger charge is 2.25. The third-order valence-corrected chi connectivity index (χ3v) is 4.17. The van der Waals surface area contributed by atoms with E-state index in [-0.39, 0.29) is 6.04 Å². The monoisotopic (exact) mass is 255 g/mol. The summed E-state index contributed by atoms with van der Waals surface area (Å²) in [7, 11) is 0. The van der Waals surface area contributed by atoms with Crippen LogP contribution in [0.2, 0.25) is 0 Å². The van der Waals surface area contributed by atoms with E-state index in [4.69, 9.17) is 18.0 Å². The Morgan fingerprint density at radius 1 is 1.69 bits per heavy atom. The van der Waals surface area contributed by atoms with Gasteiger partial charge in [0.15, 0.2) is 0 Å². The number of likely N-dealkylation sites (tertiary alicyclic amines) is 1. The van der Waals surface area contributed by atoms with E-state index in [1.807, 2.05) is 6.92 Å². The van der Waals surface area contributed by atoms with Crippen molar-refractivity contribution in [3.63, 3.8) is 0 Å². The summed E-state index contributed by atoms with van der Waals surface area (Å²) in [6, 6.07) is 0.271. The number of aryl methyl sites for hydroxylation is 1. The molecule has 0 aromatic carbocycles. The zero-order valence-corrected chi connectivity index (χ0v) is 11.1. The summed E-state index contributed by atoms with van der Waals surface area (Å²) in [5.41, 5.74) is 6.89. The first-order valence-electron chi connectivity index (χ1n) is 5.61. The topological polar surface area (TPSA) is 42.1 Å². The van der Waals surface area contributed by atoms with Crippen LogP contribution in [-0.4, -0.2) is 27.5 Å². The zero-order valence-electron chi connectivity index (χ0n) is 9.48. The molecule has 1 aliphatic heterocycles. The largest absolute Gasteiger partial charge is 0.392 e. The Hall–Kier alpha value is -0.520. The second-order valence-corrected chi connectivity index (χ2v) is 5.68. The highest BCUT2D eigenvalue weighted by atomic mass is 32.1. The van der Waals surface area contributed by atoms with Crippen molar-refractivity contribution in [2.24, 2.45) is 5.73 Å². The van der Waals surface area contributed by atoms with Gasteiger partial charge >= 0.3 is 0 Å². The molecule has 1 aromatic rings. The second kappa shape index (κ2) is 5.21. The van der Waals surface area contributed by atoms with Crippen molar-refractivity contribution in [1.82, 2.24) is 9.88 Å². The third-order valence-electron chi connectivity index (χ3n) is 2.95. The molecule has 1 saturated heterocycles. The van der Waals surface area contributed by atoms with E-state index in [2.05, 4.69) is 15.3 Å². The van der Waals surface area contributed by atoms with Crippen molar-refractivity contribution in [3.05, 3.63) is 16.1 Å². The summed E-state index contributed by atoms with van der Waals surface area (Å²) in [6.45, 7) is 4.00. The Bertz CT molecular complexity index is 375. The number of thiocarbonyl (C=S) groups is 1. The first kappa shape index (κ1) is 12.0. The molecular weight excluding hydrogens is 238 g/mol. The average molecular weight is 255 g/mol. The smallest absolute Gasteiger partial charge is 0.107 e. The van der Waals surface area contributed by atoms with Crippen LogP contribution in [0, 0.1) is 6.92 Å². The van der Waals surface area contributed by atoms with Gasteiger partial charge in [-0.25, -0.2) is 4.98 Å². The molecule has 1 atom stereocenters. The number of thiazole rings is 1. The van der Waals surface area contributed by atoms with Crippen LogP contribution in [0.15, 0.2) is 5.38 Å². The number of hydrogen-bond donors (Lipinski definition) is 1. The molecule has 5 heteroatoms. The minimum Gasteiger partial charge on any atom is -0.392 e. The first-order valence-corrected chi connectivity index (χ1v) is 6.90. The van der Waals surface area contributed by atoms with Gasteiger partial charge < -0.3 is 5.73 Å². The van der Waals surface area contributed by atoms with Crippen LogP contribution in [-0.2, 0) is 6.54 Å². The number of hydrogen-bond acceptors (Lipinski definition) is 4. The Morgan fingerprint density at radius 3 is 3.12 bits per heavy atom. The summed E-state index contributed by atoms with van der Waals surface area (Å²) in [5.74, 6) is 0. The van der Waals surface area contributed by atoms with E-state index in [0.29, 0.717) is 4.99 Å². The lowest BCUT2D eigenvalue weighted by Gasteiger charge is -2.34. The fraction of sp³-hybridized carbons (Fsp3) is 0.636. The SMILES string of the molecule is Cc1csc(CN2CCCCC2C(N)=S)n1. The summed E-state index contributed by atoms with van der Waals surface area (Å²) in [4.78, 5) is 7.49. The van der Waals surface area contributed by atoms with Crippen molar-refractivity contribution in [1.29, 1.82) is 0 Å². The van der Waals surface area contributed by atoms with Crippen LogP contribution < -0.4 is 5.73 Å². The highest BCUT2D eigenvalue weighted by Crippen LogP contribution is 2.21. The third kappa shape index (κ3) is 2.78. The Morgan fingerprint density at radius 2 is 2.50 bits per heavy atom. The van der Waals surface area contributed by atoms with E-state index >= 15 is 0 Å². The molecule has 1 unspecified atom stereocenters. The van der Waals surface area contributed by atoms with Crippen molar-refractivity contribution in [3.8, 4) is 0 Å². The second-order valence-electron chi connectivity index (χ2n) is 4.27. The Balaban J connectivity index is 2.03. The van der Waals surface area contributed by atoms with Crippen LogP contribution in [0.5, 0.6) is 0 Å². The van der Waals surface area contributed by atoms with Gasteiger partial charge in [0.25, 0.3) is 0 Å². The number of piperidine rings is 1. The van der Waals surface area contributed by atoms with Crippen LogP contribution in [0.25, 0.3) is 0 Å². The van der Waals surface area contributed by atoms with Crippen LogP contribution >= 0.6 is 23.6 Å². The highest BCUT2D eigenvalue weighted by molar-refractivity contribution is 7.80. The summed E-state index contributed by atoms with van der Waals surface area (Å²) in [6.07, 6.45) is 3.57. The summed E-state index contributed by atoms with van der Waals surface area (Å²) >= 11 is 6.85. The molecule has 1 aliphatic rings. The minimum atomic E-state index is 0.271. The molecule has 88 valence electrons. The van der Waals surface area contributed by atoms with Crippen molar-refractivity contribution < 1.29 is 0 Å². The van der Waals surface area contributed by atoms with Gasteiger partial charge in [-0.05, 0) is 26.3 Å². The number of nitrogens with zero attached hydrogens (tertiary/aromatic N) is 2. The zero-order chi connectivity index (χ0) is 11.5. The lowest BCUT2D eigenvalue weighted by Crippen LogP contribution is -2.46. The van der Waals surface area contributed by atoms with E-state index < -0.39 is 0 Å². The molecule has 0 bridgehead atoms. The van der Waals surface area contributed by atoms with Gasteiger partial charge in [0, 0.05) is 11.1 Å². The van der Waals surface area contributed by atoms with Gasteiger partial charge in [-0.2, -0.15) is 0 Å². The van der Waals surface area contributed by atoms with E-state index in [1.54, 1.807) is 11.3 Å². The summed E-state index contributed by atoms with van der Waals surface area (Å²) in [5, 5.41) is 3.26. The maximum absolute atomic E-state index is 5.79. The maximum atomic E-state index is 5.79. The van der Waals surface area contributed by atoms with E-state index in [9.17, 15) is 0 Å². The first-order chi connectivity index (χ1) is 7.66. The van der Waals surface area contributed by atoms with Crippen LogP contribution in [0.1, 0.15) is 30.0 Å². The molecule has 0 amide bonds. The van der Waals surface area contributed by atoms with Gasteiger partial charge in [0.05, 0.1) is 17.6 Å². The molecule has 0 aliphatic carbocycles. The van der Waals surface area contributed by atoms with Gasteiger partial charge in [-0.15, -0.1) is 11.3 Å². The van der Waals surface area contributed by atoms with E-state index in [1.165, 1.54) is 17.8 Å².